The summed E-state index contributed by atoms with van der Waals surface area (Å²) in [5, 5.41) is 5.58. The Balaban J connectivity index is 1.94. The maximum atomic E-state index is 11.6. The summed E-state index contributed by atoms with van der Waals surface area (Å²) >= 11 is 14.1. The average Bonchev–Trinajstić information content (AvgIpc) is 2.90. The minimum atomic E-state index is 0.133. The molecule has 1 atom stereocenters. The molecule has 0 N–H and O–H groups in total. The van der Waals surface area contributed by atoms with Gasteiger partial charge in [-0.05, 0) is 36.6 Å². The van der Waals surface area contributed by atoms with Gasteiger partial charge in [-0.2, -0.15) is 0 Å². The van der Waals surface area contributed by atoms with Crippen LogP contribution in [0.15, 0.2) is 28.9 Å². The summed E-state index contributed by atoms with van der Waals surface area (Å²) in [7, 11) is 1.50. The molecular weight excluding hydrogens is 355 g/mol. The number of benzene rings is 1. The number of thioether (sulfide) groups is 1. The van der Waals surface area contributed by atoms with E-state index in [2.05, 4.69) is 10.1 Å². The van der Waals surface area contributed by atoms with Gasteiger partial charge in [0.25, 0.3) is 0 Å². The van der Waals surface area contributed by atoms with E-state index in [-0.39, 0.29) is 5.12 Å². The van der Waals surface area contributed by atoms with Crippen LogP contribution in [0.1, 0.15) is 17.5 Å². The van der Waals surface area contributed by atoms with Crippen molar-refractivity contribution in [3.63, 3.8) is 0 Å². The molecular formula is C16H16Cl2N2O2S. The quantitative estimate of drug-likeness (QED) is 0.450. The number of oxime groups is 1. The fourth-order valence-corrected chi connectivity index (χ4v) is 4.30. The molecule has 122 valence electrons. The van der Waals surface area contributed by atoms with Crippen molar-refractivity contribution in [2.75, 3.05) is 20.2 Å². The van der Waals surface area contributed by atoms with Crippen LogP contribution in [0.2, 0.25) is 10.0 Å². The lowest BCUT2D eigenvalue weighted by Gasteiger charge is -2.33. The van der Waals surface area contributed by atoms with Gasteiger partial charge in [0.05, 0.1) is 10.0 Å². The number of rotatable bonds is 2. The van der Waals surface area contributed by atoms with Crippen molar-refractivity contribution < 1.29 is 9.63 Å². The zero-order valence-corrected chi connectivity index (χ0v) is 15.1. The maximum Gasteiger partial charge on any atom is 0.212 e. The molecule has 1 saturated heterocycles. The topological polar surface area (TPSA) is 41.9 Å². The van der Waals surface area contributed by atoms with Gasteiger partial charge in [-0.3, -0.25) is 4.79 Å². The van der Waals surface area contributed by atoms with E-state index in [0.29, 0.717) is 27.7 Å². The van der Waals surface area contributed by atoms with Gasteiger partial charge in [-0.15, -0.1) is 0 Å². The number of amidine groups is 1. The number of piperidine rings is 1. The number of aryl methyl sites for hydroxylation is 1. The lowest BCUT2D eigenvalue weighted by atomic mass is 10.0. The monoisotopic (exact) mass is 370 g/mol. The van der Waals surface area contributed by atoms with E-state index in [9.17, 15) is 4.79 Å². The third-order valence-corrected chi connectivity index (χ3v) is 6.15. The lowest BCUT2D eigenvalue weighted by molar-refractivity contribution is -0.106. The SMILES string of the molecule is CO/N=C(\c1ccc(C)c(Cl)c1Cl)N1CCC2SC(=O)C=C2C1. The Morgan fingerprint density at radius 2 is 2.17 bits per heavy atom. The molecule has 0 spiro atoms. The van der Waals surface area contributed by atoms with Crippen LogP contribution in [0.5, 0.6) is 0 Å². The predicted octanol–water partition coefficient (Wildman–Crippen LogP) is 3.88. The molecule has 4 nitrogen and oxygen atoms in total. The van der Waals surface area contributed by atoms with Gasteiger partial charge in [0.2, 0.25) is 5.12 Å². The van der Waals surface area contributed by atoms with Gasteiger partial charge in [0.1, 0.15) is 7.11 Å². The predicted molar refractivity (Wildman–Crippen MR) is 95.4 cm³/mol. The first kappa shape index (κ1) is 16.7. The zero-order valence-electron chi connectivity index (χ0n) is 12.8. The maximum absolute atomic E-state index is 11.6. The Hall–Kier alpha value is -1.17. The van der Waals surface area contributed by atoms with Crippen molar-refractivity contribution >= 4 is 45.9 Å². The van der Waals surface area contributed by atoms with E-state index in [4.69, 9.17) is 28.0 Å². The number of hydrogen-bond donors (Lipinski definition) is 0. The van der Waals surface area contributed by atoms with Crippen LogP contribution in [0, 0.1) is 6.92 Å². The highest BCUT2D eigenvalue weighted by Crippen LogP contribution is 2.36. The van der Waals surface area contributed by atoms with Crippen molar-refractivity contribution in [1.82, 2.24) is 4.90 Å². The highest BCUT2D eigenvalue weighted by molar-refractivity contribution is 8.15. The first-order valence-electron chi connectivity index (χ1n) is 7.23. The number of halogens is 2. The van der Waals surface area contributed by atoms with E-state index in [1.807, 2.05) is 19.1 Å². The lowest BCUT2D eigenvalue weighted by Crippen LogP contribution is -2.40. The molecule has 1 aromatic rings. The third kappa shape index (κ3) is 3.23. The number of hydrogen-bond acceptors (Lipinski definition) is 4. The standard InChI is InChI=1S/C16H16Cl2N2O2S/c1-9-3-4-11(15(18)14(9)17)16(19-22-2)20-6-5-12-10(8-20)7-13(21)23-12/h3-4,7,12H,5-6,8H2,1-2H3/b19-16+. The summed E-state index contributed by atoms with van der Waals surface area (Å²) in [4.78, 5) is 18.7. The molecule has 2 aliphatic rings. The van der Waals surface area contributed by atoms with Gasteiger partial charge >= 0.3 is 0 Å². The Morgan fingerprint density at radius 3 is 2.91 bits per heavy atom. The van der Waals surface area contributed by atoms with E-state index in [1.54, 1.807) is 6.08 Å². The highest BCUT2D eigenvalue weighted by atomic mass is 35.5. The molecule has 1 fully saturated rings. The number of carbonyl (C=O) groups is 1. The van der Waals surface area contributed by atoms with Gasteiger partial charge in [0.15, 0.2) is 5.84 Å². The minimum absolute atomic E-state index is 0.133. The molecule has 2 heterocycles. The van der Waals surface area contributed by atoms with Crippen LogP contribution in [-0.2, 0) is 9.63 Å². The summed E-state index contributed by atoms with van der Waals surface area (Å²) < 4.78 is 0. The van der Waals surface area contributed by atoms with Crippen molar-refractivity contribution in [3.05, 3.63) is 45.0 Å². The van der Waals surface area contributed by atoms with Gasteiger partial charge < -0.3 is 9.74 Å². The summed E-state index contributed by atoms with van der Waals surface area (Å²) in [6.07, 6.45) is 2.62. The Labute approximate surface area is 149 Å². The van der Waals surface area contributed by atoms with Crippen LogP contribution in [0.25, 0.3) is 0 Å². The van der Waals surface area contributed by atoms with Crippen LogP contribution < -0.4 is 0 Å². The fraction of sp³-hybridized carbons (Fsp3) is 0.375. The van der Waals surface area contributed by atoms with E-state index in [0.717, 1.165) is 29.7 Å². The van der Waals surface area contributed by atoms with Gasteiger partial charge in [0, 0.05) is 23.9 Å². The zero-order chi connectivity index (χ0) is 16.6. The second-order valence-electron chi connectivity index (χ2n) is 5.51. The van der Waals surface area contributed by atoms with E-state index in [1.165, 1.54) is 18.9 Å². The molecule has 0 bridgehead atoms. The smallest absolute Gasteiger partial charge is 0.212 e. The molecule has 2 aliphatic heterocycles. The van der Waals surface area contributed by atoms with Crippen LogP contribution >= 0.6 is 35.0 Å². The normalized spacial score (nSPS) is 21.3. The number of fused-ring (bicyclic) bond motifs is 1. The summed E-state index contributed by atoms with van der Waals surface area (Å²) in [5.74, 6) is 0.642. The van der Waals surface area contributed by atoms with Gasteiger partial charge in [-0.1, -0.05) is 46.2 Å². The first-order chi connectivity index (χ1) is 11.0. The molecule has 1 aromatic carbocycles. The van der Waals surface area contributed by atoms with E-state index >= 15 is 0 Å². The largest absolute Gasteiger partial charge is 0.397 e. The van der Waals surface area contributed by atoms with Crippen molar-refractivity contribution in [1.29, 1.82) is 0 Å². The van der Waals surface area contributed by atoms with Crippen LogP contribution in [0.4, 0.5) is 0 Å². The third-order valence-electron chi connectivity index (χ3n) is 4.00. The molecule has 23 heavy (non-hydrogen) atoms. The van der Waals surface area contributed by atoms with Crippen molar-refractivity contribution in [2.45, 2.75) is 18.6 Å². The molecule has 0 amide bonds. The molecule has 0 aromatic heterocycles. The molecule has 0 saturated carbocycles. The molecule has 3 rings (SSSR count). The molecule has 1 unspecified atom stereocenters. The second kappa shape index (κ2) is 6.75. The fourth-order valence-electron chi connectivity index (χ4n) is 2.82. The van der Waals surface area contributed by atoms with Crippen LogP contribution in [-0.4, -0.2) is 41.3 Å². The van der Waals surface area contributed by atoms with Crippen molar-refractivity contribution in [2.24, 2.45) is 5.16 Å². The Morgan fingerprint density at radius 1 is 1.39 bits per heavy atom. The first-order valence-corrected chi connectivity index (χ1v) is 8.87. The van der Waals surface area contributed by atoms with Gasteiger partial charge in [-0.25, -0.2) is 0 Å². The Kier molecular flexibility index (Phi) is 4.90. The van der Waals surface area contributed by atoms with Crippen molar-refractivity contribution in [3.8, 4) is 0 Å². The number of likely N-dealkylation sites (tertiary alicyclic amines) is 1. The second-order valence-corrected chi connectivity index (χ2v) is 7.47. The minimum Gasteiger partial charge on any atom is -0.397 e. The summed E-state index contributed by atoms with van der Waals surface area (Å²) in [5.41, 5.74) is 2.78. The molecule has 7 heteroatoms. The summed E-state index contributed by atoms with van der Waals surface area (Å²) in [6, 6.07) is 3.81. The van der Waals surface area contributed by atoms with Crippen LogP contribution in [0.3, 0.4) is 0 Å². The number of nitrogens with zero attached hydrogens (tertiary/aromatic N) is 2. The highest BCUT2D eigenvalue weighted by Gasteiger charge is 2.33. The Bertz CT molecular complexity index is 718. The number of carbonyl (C=O) groups excluding carboxylic acids is 1. The summed E-state index contributed by atoms with van der Waals surface area (Å²) in [6.45, 7) is 3.34. The average molecular weight is 371 g/mol. The molecule has 0 aliphatic carbocycles. The molecule has 0 radical (unpaired) electrons. The van der Waals surface area contributed by atoms with E-state index < -0.39 is 0 Å².